The van der Waals surface area contributed by atoms with Crippen molar-refractivity contribution in [1.29, 1.82) is 0 Å². The Morgan fingerprint density at radius 2 is 1.52 bits per heavy atom. The normalized spacial score (nSPS) is 12.9. The highest BCUT2D eigenvalue weighted by atomic mass is 31.2. The number of carbonyl (C=O) groups is 2. The summed E-state index contributed by atoms with van der Waals surface area (Å²) in [5, 5.41) is 8.69. The molecule has 4 rings (SSSR count). The lowest BCUT2D eigenvalue weighted by atomic mass is 10.1. The van der Waals surface area contributed by atoms with E-state index in [0.29, 0.717) is 24.5 Å². The topological polar surface area (TPSA) is 164 Å². The van der Waals surface area contributed by atoms with Gasteiger partial charge in [0.25, 0.3) is 0 Å². The number of phosphoric ester groups is 1. The summed E-state index contributed by atoms with van der Waals surface area (Å²) >= 11 is 0. The van der Waals surface area contributed by atoms with Crippen molar-refractivity contribution < 1.29 is 47.4 Å². The van der Waals surface area contributed by atoms with Crippen molar-refractivity contribution >= 4 is 19.8 Å². The van der Waals surface area contributed by atoms with Crippen LogP contribution in [0.25, 0.3) is 11.1 Å². The van der Waals surface area contributed by atoms with Crippen LogP contribution in [0, 0.1) is 0 Å². The van der Waals surface area contributed by atoms with Gasteiger partial charge in [-0.1, -0.05) is 72.8 Å². The molecule has 0 aliphatic rings. The Morgan fingerprint density at radius 1 is 0.804 bits per heavy atom. The molecule has 0 saturated carbocycles. The van der Waals surface area contributed by atoms with Crippen molar-refractivity contribution in [3.8, 4) is 28.4 Å². The van der Waals surface area contributed by atoms with E-state index in [4.69, 9.17) is 29.6 Å². The summed E-state index contributed by atoms with van der Waals surface area (Å²) in [4.78, 5) is 32.5. The van der Waals surface area contributed by atoms with E-state index in [2.05, 4.69) is 16.7 Å². The van der Waals surface area contributed by atoms with Gasteiger partial charge in [-0.15, -0.1) is 0 Å². The van der Waals surface area contributed by atoms with E-state index in [0.717, 1.165) is 28.0 Å². The van der Waals surface area contributed by atoms with E-state index in [1.54, 1.807) is 0 Å². The smallest absolute Gasteiger partial charge is 0.472 e. The van der Waals surface area contributed by atoms with Crippen molar-refractivity contribution in [2.45, 2.75) is 31.9 Å². The molecule has 0 saturated heterocycles. The number of hydrogen-bond acceptors (Lipinski definition) is 9. The zero-order chi connectivity index (χ0) is 32.8. The number of carbonyl (C=O) groups excluding carboxylic acids is 1. The summed E-state index contributed by atoms with van der Waals surface area (Å²) in [7, 11) is -4.47. The van der Waals surface area contributed by atoms with Gasteiger partial charge in [0, 0.05) is 12.8 Å². The maximum atomic E-state index is 12.3. The molecule has 242 valence electrons. The summed E-state index contributed by atoms with van der Waals surface area (Å²) in [5.41, 5.74) is 9.22. The third kappa shape index (κ3) is 11.4. The summed E-state index contributed by atoms with van der Waals surface area (Å²) in [6, 6.07) is 31.7. The predicted molar refractivity (Wildman–Crippen MR) is 170 cm³/mol. The molecule has 46 heavy (non-hydrogen) atoms. The van der Waals surface area contributed by atoms with E-state index >= 15 is 0 Å². The Kier molecular flexibility index (Phi) is 12.9. The highest BCUT2D eigenvalue weighted by molar-refractivity contribution is 7.47. The number of ether oxygens (including phenoxy) is 3. The molecule has 0 heterocycles. The number of rotatable bonds is 18. The number of aryl methyl sites for hydroxylation is 1. The molecule has 0 bridgehead atoms. The van der Waals surface area contributed by atoms with Gasteiger partial charge in [-0.25, -0.2) is 4.57 Å². The number of para-hydroxylation sites is 1. The van der Waals surface area contributed by atoms with Crippen LogP contribution in [-0.2, 0) is 41.0 Å². The first-order chi connectivity index (χ1) is 22.2. The Labute approximate surface area is 267 Å². The number of carboxylic acids is 1. The van der Waals surface area contributed by atoms with Gasteiger partial charge in [-0.3, -0.25) is 18.6 Å². The van der Waals surface area contributed by atoms with E-state index < -0.39 is 32.4 Å². The number of nitrogens with two attached hydrogens (primary N) is 1. The minimum absolute atomic E-state index is 0.0405. The quantitative estimate of drug-likeness (QED) is 0.0645. The van der Waals surface area contributed by atoms with Crippen LogP contribution in [0.4, 0.5) is 0 Å². The molecular formula is C34H36NO10P. The molecule has 0 amide bonds. The summed E-state index contributed by atoms with van der Waals surface area (Å²) in [5.74, 6) is 0.230. The second kappa shape index (κ2) is 17.3. The van der Waals surface area contributed by atoms with Gasteiger partial charge in [-0.2, -0.15) is 0 Å². The van der Waals surface area contributed by atoms with Crippen LogP contribution in [0.1, 0.15) is 24.0 Å². The van der Waals surface area contributed by atoms with E-state index in [1.807, 2.05) is 91.0 Å². The molecule has 0 aliphatic heterocycles. The number of phosphoric acid groups is 1. The van der Waals surface area contributed by atoms with E-state index in [-0.39, 0.29) is 26.1 Å². The second-order valence-electron chi connectivity index (χ2n) is 10.2. The van der Waals surface area contributed by atoms with Crippen molar-refractivity contribution in [1.82, 2.24) is 0 Å². The van der Waals surface area contributed by atoms with Crippen LogP contribution in [0.3, 0.4) is 0 Å². The maximum Gasteiger partial charge on any atom is 0.472 e. The zero-order valence-electron chi connectivity index (χ0n) is 25.0. The van der Waals surface area contributed by atoms with Crippen molar-refractivity contribution in [2.24, 2.45) is 5.73 Å². The fraction of sp³-hybridized carbons (Fsp3) is 0.235. The van der Waals surface area contributed by atoms with E-state index in [9.17, 15) is 19.0 Å². The van der Waals surface area contributed by atoms with Crippen LogP contribution in [0.2, 0.25) is 0 Å². The number of esters is 1. The Morgan fingerprint density at radius 3 is 2.28 bits per heavy atom. The van der Waals surface area contributed by atoms with E-state index in [1.165, 1.54) is 0 Å². The molecule has 1 unspecified atom stereocenters. The molecule has 0 radical (unpaired) electrons. The fourth-order valence-electron chi connectivity index (χ4n) is 4.21. The zero-order valence-corrected chi connectivity index (χ0v) is 25.9. The maximum absolute atomic E-state index is 12.3. The Bertz CT molecular complexity index is 1610. The summed E-state index contributed by atoms with van der Waals surface area (Å²) in [6.45, 7) is -0.671. The lowest BCUT2D eigenvalue weighted by Gasteiger charge is -2.14. The molecule has 4 aromatic carbocycles. The van der Waals surface area contributed by atoms with Crippen LogP contribution in [0.5, 0.6) is 17.2 Å². The first-order valence-electron chi connectivity index (χ1n) is 14.6. The number of carboxylic acid groups (broad SMARTS) is 1. The SMILES string of the molecule is N[C@@H](COP(=O)(O)OCCCOC(=O)CCc1ccccc1OCc1cccc(Oc2ccc(-c3ccccc3)cc2)c1)C(=O)O. The lowest BCUT2D eigenvalue weighted by Crippen LogP contribution is -2.34. The summed E-state index contributed by atoms with van der Waals surface area (Å²) < 4.78 is 38.4. The molecule has 11 nitrogen and oxygen atoms in total. The molecule has 0 aliphatic carbocycles. The molecule has 0 aromatic heterocycles. The Balaban J connectivity index is 1.19. The average molecular weight is 650 g/mol. The molecule has 12 heteroatoms. The van der Waals surface area contributed by atoms with Gasteiger partial charge in [0.05, 0.1) is 19.8 Å². The number of benzene rings is 4. The van der Waals surface area contributed by atoms with Crippen LogP contribution >= 0.6 is 7.82 Å². The third-order valence-electron chi connectivity index (χ3n) is 6.60. The average Bonchev–Trinajstić information content (AvgIpc) is 3.06. The number of hydrogen-bond donors (Lipinski definition) is 3. The van der Waals surface area contributed by atoms with Gasteiger partial charge < -0.3 is 29.9 Å². The molecular weight excluding hydrogens is 613 g/mol. The molecule has 2 atom stereocenters. The van der Waals surface area contributed by atoms with Crippen LogP contribution < -0.4 is 15.2 Å². The highest BCUT2D eigenvalue weighted by Gasteiger charge is 2.24. The van der Waals surface area contributed by atoms with Crippen LogP contribution in [0.15, 0.2) is 103 Å². The molecule has 4 N–H and O–H groups in total. The molecule has 0 spiro atoms. The van der Waals surface area contributed by atoms with Gasteiger partial charge in [0.2, 0.25) is 0 Å². The first kappa shape index (κ1) is 34.4. The summed E-state index contributed by atoms with van der Waals surface area (Å²) in [6.07, 6.45) is 0.617. The Hall–Kier alpha value is -4.51. The molecule has 4 aromatic rings. The molecule has 0 fully saturated rings. The largest absolute Gasteiger partial charge is 0.489 e. The van der Waals surface area contributed by atoms with Crippen molar-refractivity contribution in [3.63, 3.8) is 0 Å². The van der Waals surface area contributed by atoms with Gasteiger partial charge in [-0.05, 0) is 59.0 Å². The van der Waals surface area contributed by atoms with Gasteiger partial charge in [0.15, 0.2) is 0 Å². The second-order valence-corrected chi connectivity index (χ2v) is 11.6. The predicted octanol–water partition coefficient (Wildman–Crippen LogP) is 6.14. The standard InChI is InChI=1S/C34H36NO10P/c35-31(34(37)38)24-44-46(39,40)43-21-7-20-41-33(36)19-16-28-11-4-5-13-32(28)42-23-25-8-6-12-30(22-25)45-29-17-14-27(15-18-29)26-9-2-1-3-10-26/h1-6,8-15,17-18,22,31H,7,16,19-21,23-24,35H2,(H,37,38)(H,39,40)/t31-/m0/s1. The van der Waals surface area contributed by atoms with Gasteiger partial charge >= 0.3 is 19.8 Å². The van der Waals surface area contributed by atoms with Crippen molar-refractivity contribution in [3.05, 3.63) is 114 Å². The lowest BCUT2D eigenvalue weighted by molar-refractivity contribution is -0.143. The first-order valence-corrected chi connectivity index (χ1v) is 16.1. The third-order valence-corrected chi connectivity index (χ3v) is 7.59. The number of aliphatic carboxylic acids is 1. The fourth-order valence-corrected chi connectivity index (χ4v) is 4.99. The van der Waals surface area contributed by atoms with Crippen molar-refractivity contribution in [2.75, 3.05) is 19.8 Å². The monoisotopic (exact) mass is 649 g/mol. The van der Waals surface area contributed by atoms with Gasteiger partial charge in [0.1, 0.15) is 29.9 Å². The minimum Gasteiger partial charge on any atom is -0.489 e. The highest BCUT2D eigenvalue weighted by Crippen LogP contribution is 2.43. The minimum atomic E-state index is -4.47. The van der Waals surface area contributed by atoms with Crippen LogP contribution in [-0.4, -0.2) is 47.8 Å².